The van der Waals surface area contributed by atoms with E-state index in [1.807, 2.05) is 48.5 Å². The number of piperidine rings is 1. The lowest BCUT2D eigenvalue weighted by molar-refractivity contribution is -0.149. The van der Waals surface area contributed by atoms with E-state index in [0.29, 0.717) is 36.1 Å². The molecular formula is C32H42N2O4. The van der Waals surface area contributed by atoms with Gasteiger partial charge in [0.2, 0.25) is 0 Å². The smallest absolute Gasteiger partial charge is 0.337 e. The highest BCUT2D eigenvalue weighted by Gasteiger charge is 2.41. The number of rotatable bonds is 10. The van der Waals surface area contributed by atoms with Crippen LogP contribution in [0.25, 0.3) is 0 Å². The van der Waals surface area contributed by atoms with Crippen LogP contribution in [-0.4, -0.2) is 55.2 Å². The highest BCUT2D eigenvalue weighted by Crippen LogP contribution is 2.43. The van der Waals surface area contributed by atoms with Gasteiger partial charge >= 0.3 is 11.9 Å². The van der Waals surface area contributed by atoms with Crippen LogP contribution in [0.2, 0.25) is 0 Å². The number of benzene rings is 2. The quantitative estimate of drug-likeness (QED) is 0.421. The van der Waals surface area contributed by atoms with E-state index in [1.54, 1.807) is 0 Å². The van der Waals surface area contributed by atoms with E-state index >= 15 is 0 Å². The highest BCUT2D eigenvalue weighted by molar-refractivity contribution is 5.89. The van der Waals surface area contributed by atoms with Gasteiger partial charge in [0, 0.05) is 25.2 Å². The van der Waals surface area contributed by atoms with E-state index in [9.17, 15) is 9.59 Å². The molecule has 2 bridgehead atoms. The number of hydrogen-bond acceptors (Lipinski definition) is 6. The molecule has 0 spiro atoms. The van der Waals surface area contributed by atoms with Crippen LogP contribution in [0.15, 0.2) is 54.6 Å². The Labute approximate surface area is 227 Å². The Balaban J connectivity index is 1.16. The van der Waals surface area contributed by atoms with Crippen LogP contribution in [0, 0.1) is 5.92 Å². The molecule has 5 rings (SSSR count). The maximum Gasteiger partial charge on any atom is 0.337 e. The number of carbonyl (C=O) groups excluding carboxylic acids is 2. The molecule has 2 aromatic carbocycles. The van der Waals surface area contributed by atoms with E-state index in [2.05, 4.69) is 16.3 Å². The second-order valence-electron chi connectivity index (χ2n) is 11.3. The summed E-state index contributed by atoms with van der Waals surface area (Å²) in [4.78, 5) is 27.9. The molecule has 4 atom stereocenters. The summed E-state index contributed by atoms with van der Waals surface area (Å²) in [6.07, 6.45) is 10.5. The van der Waals surface area contributed by atoms with Gasteiger partial charge in [0.1, 0.15) is 12.6 Å². The van der Waals surface area contributed by atoms with Crippen LogP contribution in [0.1, 0.15) is 85.2 Å². The number of hydrogen-bond donors (Lipinski definition) is 1. The number of ether oxygens (including phenoxy) is 2. The Kier molecular flexibility index (Phi) is 9.13. The average molecular weight is 519 g/mol. The van der Waals surface area contributed by atoms with Crippen molar-refractivity contribution >= 4 is 11.9 Å². The molecule has 3 aliphatic rings. The van der Waals surface area contributed by atoms with Crippen molar-refractivity contribution < 1.29 is 19.1 Å². The van der Waals surface area contributed by atoms with Gasteiger partial charge in [0.15, 0.2) is 0 Å². The summed E-state index contributed by atoms with van der Waals surface area (Å²) >= 11 is 0. The van der Waals surface area contributed by atoms with E-state index in [4.69, 9.17) is 9.47 Å². The minimum absolute atomic E-state index is 0.104. The molecule has 1 unspecified atom stereocenters. The van der Waals surface area contributed by atoms with Gasteiger partial charge in [0.25, 0.3) is 0 Å². The zero-order valence-corrected chi connectivity index (χ0v) is 22.6. The number of carbonyl (C=O) groups is 2. The molecule has 1 N–H and O–H groups in total. The summed E-state index contributed by atoms with van der Waals surface area (Å²) in [6, 6.07) is 18.8. The standard InChI is InChI=1S/C32H42N2O4/c1-37-31(35)26-14-8-13-25(19-26)27-20-28-15-16-29(21-27)34(28)18-17-33-30(24-11-6-3-7-12-24)32(36)38-22-23-9-4-2-5-10-23/h2,4-5,8-10,13-14,19,24,27-30,33H,3,6-7,11-12,15-18,20-22H2,1H3/t27-,28+,29-,30?. The minimum Gasteiger partial charge on any atom is -0.465 e. The first-order valence-corrected chi connectivity index (χ1v) is 14.5. The molecule has 6 heteroatoms. The second-order valence-corrected chi connectivity index (χ2v) is 11.3. The first kappa shape index (κ1) is 26.9. The number of methoxy groups -OCH3 is 1. The predicted octanol–water partition coefficient (Wildman–Crippen LogP) is 5.47. The number of esters is 2. The number of fused-ring (bicyclic) bond motifs is 2. The maximum absolute atomic E-state index is 13.2. The van der Waals surface area contributed by atoms with Crippen LogP contribution < -0.4 is 5.32 Å². The van der Waals surface area contributed by atoms with Crippen molar-refractivity contribution in [3.05, 3.63) is 71.3 Å². The van der Waals surface area contributed by atoms with Crippen LogP contribution >= 0.6 is 0 Å². The van der Waals surface area contributed by atoms with Crippen molar-refractivity contribution in [2.45, 2.75) is 88.4 Å². The van der Waals surface area contributed by atoms with Crippen LogP contribution in [0.4, 0.5) is 0 Å². The molecule has 0 aromatic heterocycles. The molecule has 2 aliphatic heterocycles. The van der Waals surface area contributed by atoms with Gasteiger partial charge in [-0.15, -0.1) is 0 Å². The van der Waals surface area contributed by atoms with E-state index in [1.165, 1.54) is 44.8 Å². The molecule has 38 heavy (non-hydrogen) atoms. The fourth-order valence-electron chi connectivity index (χ4n) is 7.03. The minimum atomic E-state index is -0.270. The first-order valence-electron chi connectivity index (χ1n) is 14.5. The van der Waals surface area contributed by atoms with E-state index in [0.717, 1.165) is 44.3 Å². The van der Waals surface area contributed by atoms with Crippen LogP contribution in [0.5, 0.6) is 0 Å². The molecule has 6 nitrogen and oxygen atoms in total. The SMILES string of the molecule is COC(=O)c1cccc([C@H]2C[C@H]3CC[C@@H](C2)N3CCNC(C(=O)OCc2ccccc2)C2CCCCC2)c1. The molecule has 0 radical (unpaired) electrons. The lowest BCUT2D eigenvalue weighted by Crippen LogP contribution is -2.50. The van der Waals surface area contributed by atoms with Gasteiger partial charge < -0.3 is 14.8 Å². The van der Waals surface area contributed by atoms with Crippen molar-refractivity contribution in [2.24, 2.45) is 5.92 Å². The van der Waals surface area contributed by atoms with Crippen molar-refractivity contribution in [3.63, 3.8) is 0 Å². The number of nitrogens with one attached hydrogen (secondary N) is 1. The third-order valence-electron chi connectivity index (χ3n) is 9.00. The largest absolute Gasteiger partial charge is 0.465 e. The van der Waals surface area contributed by atoms with Crippen LogP contribution in [0.3, 0.4) is 0 Å². The molecule has 1 saturated carbocycles. The third-order valence-corrected chi connectivity index (χ3v) is 9.00. The van der Waals surface area contributed by atoms with Crippen molar-refractivity contribution in [2.75, 3.05) is 20.2 Å². The predicted molar refractivity (Wildman–Crippen MR) is 148 cm³/mol. The Morgan fingerprint density at radius 1 is 0.947 bits per heavy atom. The van der Waals surface area contributed by atoms with Gasteiger partial charge in [-0.1, -0.05) is 61.7 Å². The average Bonchev–Trinajstić information content (AvgIpc) is 3.20. The normalized spacial score (nSPS) is 24.6. The molecule has 3 fully saturated rings. The van der Waals surface area contributed by atoms with Crippen LogP contribution in [-0.2, 0) is 20.9 Å². The van der Waals surface area contributed by atoms with Crippen molar-refractivity contribution in [1.82, 2.24) is 10.2 Å². The molecular weight excluding hydrogens is 476 g/mol. The maximum atomic E-state index is 13.2. The molecule has 0 amide bonds. The lowest BCUT2D eigenvalue weighted by atomic mass is 9.83. The van der Waals surface area contributed by atoms with Gasteiger partial charge in [-0.25, -0.2) is 4.79 Å². The Morgan fingerprint density at radius 2 is 1.68 bits per heavy atom. The van der Waals surface area contributed by atoms with Crippen molar-refractivity contribution in [3.8, 4) is 0 Å². The number of nitrogens with zero attached hydrogens (tertiary/aromatic N) is 1. The summed E-state index contributed by atoms with van der Waals surface area (Å²) in [5.41, 5.74) is 2.91. The summed E-state index contributed by atoms with van der Waals surface area (Å²) in [6.45, 7) is 2.09. The summed E-state index contributed by atoms with van der Waals surface area (Å²) < 4.78 is 10.7. The Bertz CT molecular complexity index is 1050. The molecule has 1 aliphatic carbocycles. The molecule has 204 valence electrons. The molecule has 2 aromatic rings. The fourth-order valence-corrected chi connectivity index (χ4v) is 7.03. The zero-order chi connectivity index (χ0) is 26.3. The zero-order valence-electron chi connectivity index (χ0n) is 22.6. The first-order chi connectivity index (χ1) is 18.6. The summed E-state index contributed by atoms with van der Waals surface area (Å²) in [5.74, 6) is 0.460. The topological polar surface area (TPSA) is 67.9 Å². The molecule has 2 heterocycles. The monoisotopic (exact) mass is 518 g/mol. The van der Waals surface area contributed by atoms with Gasteiger partial charge in [-0.3, -0.25) is 9.69 Å². The third kappa shape index (κ3) is 6.47. The second kappa shape index (κ2) is 12.9. The van der Waals surface area contributed by atoms with Gasteiger partial charge in [-0.05, 0) is 73.6 Å². The highest BCUT2D eigenvalue weighted by atomic mass is 16.5. The lowest BCUT2D eigenvalue weighted by Gasteiger charge is -2.39. The summed E-state index contributed by atoms with van der Waals surface area (Å²) in [7, 11) is 1.43. The Hall–Kier alpha value is -2.70. The van der Waals surface area contributed by atoms with E-state index < -0.39 is 0 Å². The van der Waals surface area contributed by atoms with Gasteiger partial charge in [-0.2, -0.15) is 0 Å². The Morgan fingerprint density at radius 3 is 2.39 bits per heavy atom. The van der Waals surface area contributed by atoms with E-state index in [-0.39, 0.29) is 18.0 Å². The fraction of sp³-hybridized carbons (Fsp3) is 0.562. The molecule has 2 saturated heterocycles. The summed E-state index contributed by atoms with van der Waals surface area (Å²) in [5, 5.41) is 3.64. The van der Waals surface area contributed by atoms with Gasteiger partial charge in [0.05, 0.1) is 12.7 Å². The van der Waals surface area contributed by atoms with Crippen molar-refractivity contribution in [1.29, 1.82) is 0 Å².